The summed E-state index contributed by atoms with van der Waals surface area (Å²) in [6, 6.07) is -1.90. The van der Waals surface area contributed by atoms with Crippen molar-refractivity contribution in [1.82, 2.24) is 10.6 Å². The Labute approximate surface area is 93.8 Å². The zero-order chi connectivity index (χ0) is 12.8. The molecule has 0 bridgehead atoms. The summed E-state index contributed by atoms with van der Waals surface area (Å²) >= 11 is -0.258. The van der Waals surface area contributed by atoms with Crippen molar-refractivity contribution in [2.75, 3.05) is 12.3 Å². The second-order valence-corrected chi connectivity index (χ2v) is 3.91. The summed E-state index contributed by atoms with van der Waals surface area (Å²) < 4.78 is 35.0. The van der Waals surface area contributed by atoms with Crippen LogP contribution in [0.4, 0.5) is 18.0 Å². The van der Waals surface area contributed by atoms with Gasteiger partial charge in [0.15, 0.2) is 0 Å². The van der Waals surface area contributed by atoms with Gasteiger partial charge in [0.1, 0.15) is 6.04 Å². The molecule has 0 aromatic heterocycles. The molecule has 5 nitrogen and oxygen atoms in total. The van der Waals surface area contributed by atoms with Gasteiger partial charge in [0.05, 0.1) is 0 Å². The Morgan fingerprint density at radius 1 is 1.44 bits per heavy atom. The van der Waals surface area contributed by atoms with Gasteiger partial charge in [-0.3, -0.25) is 4.79 Å². The van der Waals surface area contributed by atoms with Gasteiger partial charge in [-0.05, 0) is 18.7 Å². The highest BCUT2D eigenvalue weighted by molar-refractivity contribution is 8.00. The largest absolute Gasteiger partial charge is 0.480 e. The molecule has 0 saturated carbocycles. The normalized spacial score (nSPS) is 13.0. The number of alkyl halides is 3. The Balaban J connectivity index is 3.63. The Bertz CT molecular complexity index is 260. The zero-order valence-corrected chi connectivity index (χ0v) is 9.11. The number of nitrogens with one attached hydrogen (secondary N) is 2. The molecule has 0 radical (unpaired) electrons. The number of halogens is 3. The number of carbonyl (C=O) groups is 2. The number of aliphatic carboxylic acids is 1. The Kier molecular flexibility index (Phi) is 6.01. The van der Waals surface area contributed by atoms with E-state index in [4.69, 9.17) is 5.11 Å². The molecule has 0 rings (SSSR count). The fourth-order valence-corrected chi connectivity index (χ4v) is 1.08. The van der Waals surface area contributed by atoms with E-state index in [9.17, 15) is 22.8 Å². The summed E-state index contributed by atoms with van der Waals surface area (Å²) in [5.74, 6) is -1.54. The third-order valence-electron chi connectivity index (χ3n) is 1.37. The van der Waals surface area contributed by atoms with Gasteiger partial charge in [-0.1, -0.05) is 0 Å². The second-order valence-electron chi connectivity index (χ2n) is 2.75. The van der Waals surface area contributed by atoms with Crippen molar-refractivity contribution in [2.24, 2.45) is 0 Å². The molecule has 0 saturated heterocycles. The minimum atomic E-state index is -4.33. The maximum atomic E-state index is 11.7. The highest BCUT2D eigenvalue weighted by Gasteiger charge is 2.27. The van der Waals surface area contributed by atoms with E-state index in [0.29, 0.717) is 0 Å². The second kappa shape index (κ2) is 6.46. The summed E-state index contributed by atoms with van der Waals surface area (Å²) in [6.45, 7) is 1.05. The molecule has 0 unspecified atom stereocenters. The first-order chi connectivity index (χ1) is 7.22. The maximum absolute atomic E-state index is 11.7. The topological polar surface area (TPSA) is 78.4 Å². The number of carboxylic acid groups (broad SMARTS) is 1. The van der Waals surface area contributed by atoms with Gasteiger partial charge in [-0.15, -0.1) is 0 Å². The molecule has 0 fully saturated rings. The van der Waals surface area contributed by atoms with Crippen molar-refractivity contribution < 1.29 is 27.9 Å². The molecule has 0 aliphatic rings. The number of amides is 2. The molecule has 1 atom stereocenters. The van der Waals surface area contributed by atoms with Crippen LogP contribution in [-0.2, 0) is 4.79 Å². The summed E-state index contributed by atoms with van der Waals surface area (Å²) in [7, 11) is 0. The van der Waals surface area contributed by atoms with Gasteiger partial charge in [-0.25, -0.2) is 4.79 Å². The number of thioether (sulfide) groups is 1. The number of hydrogen-bond donors (Lipinski definition) is 3. The third-order valence-corrected chi connectivity index (χ3v) is 2.11. The molecule has 0 aliphatic heterocycles. The van der Waals surface area contributed by atoms with Crippen LogP contribution < -0.4 is 10.6 Å². The monoisotopic (exact) mass is 260 g/mol. The summed E-state index contributed by atoms with van der Waals surface area (Å²) in [6.07, 6.45) is 0. The SMILES string of the molecule is C[C@H](NC(=O)NCCSC(F)(F)F)C(=O)O. The number of urea groups is 1. The van der Waals surface area contributed by atoms with Gasteiger partial charge in [0, 0.05) is 12.3 Å². The number of carbonyl (C=O) groups excluding carboxylic acids is 1. The van der Waals surface area contributed by atoms with Crippen molar-refractivity contribution >= 4 is 23.8 Å². The van der Waals surface area contributed by atoms with Crippen LogP contribution in [-0.4, -0.2) is 41.0 Å². The van der Waals surface area contributed by atoms with Crippen molar-refractivity contribution in [1.29, 1.82) is 0 Å². The average molecular weight is 260 g/mol. The number of rotatable bonds is 5. The van der Waals surface area contributed by atoms with Crippen LogP contribution in [0.25, 0.3) is 0 Å². The van der Waals surface area contributed by atoms with Gasteiger partial charge < -0.3 is 15.7 Å². The minimum Gasteiger partial charge on any atom is -0.480 e. The fraction of sp³-hybridized carbons (Fsp3) is 0.714. The molecule has 0 aromatic rings. The molecule has 16 heavy (non-hydrogen) atoms. The van der Waals surface area contributed by atoms with E-state index in [0.717, 1.165) is 0 Å². The smallest absolute Gasteiger partial charge is 0.441 e. The van der Waals surface area contributed by atoms with Crippen molar-refractivity contribution in [3.8, 4) is 0 Å². The predicted octanol–water partition coefficient (Wildman–Crippen LogP) is 1.01. The molecular formula is C7H11F3N2O3S. The molecule has 3 N–H and O–H groups in total. The lowest BCUT2D eigenvalue weighted by atomic mass is 10.3. The van der Waals surface area contributed by atoms with E-state index >= 15 is 0 Å². The lowest BCUT2D eigenvalue weighted by Gasteiger charge is -2.10. The summed E-state index contributed by atoms with van der Waals surface area (Å²) in [5.41, 5.74) is -4.33. The number of carboxylic acids is 1. The first-order valence-corrected chi connectivity index (χ1v) is 5.19. The van der Waals surface area contributed by atoms with E-state index in [1.54, 1.807) is 0 Å². The fourth-order valence-electron chi connectivity index (χ4n) is 0.641. The molecule has 0 aliphatic carbocycles. The lowest BCUT2D eigenvalue weighted by molar-refractivity contribution is -0.138. The minimum absolute atomic E-state index is 0.192. The van der Waals surface area contributed by atoms with Gasteiger partial charge in [0.2, 0.25) is 0 Å². The van der Waals surface area contributed by atoms with Crippen LogP contribution in [0.5, 0.6) is 0 Å². The van der Waals surface area contributed by atoms with E-state index in [1.165, 1.54) is 6.92 Å². The maximum Gasteiger partial charge on any atom is 0.441 e. The number of hydrogen-bond acceptors (Lipinski definition) is 3. The molecule has 9 heteroatoms. The van der Waals surface area contributed by atoms with E-state index in [1.807, 2.05) is 5.32 Å². The molecular weight excluding hydrogens is 249 g/mol. The van der Waals surface area contributed by atoms with Crippen molar-refractivity contribution in [2.45, 2.75) is 18.5 Å². The molecule has 0 spiro atoms. The van der Waals surface area contributed by atoms with Gasteiger partial charge >= 0.3 is 17.5 Å². The van der Waals surface area contributed by atoms with E-state index in [-0.39, 0.29) is 24.1 Å². The standard InChI is InChI=1S/C7H11F3N2O3S/c1-4(5(13)14)12-6(15)11-2-3-16-7(8,9)10/h4H,2-3H2,1H3,(H,13,14)(H2,11,12,15)/t4-/m0/s1. The molecule has 0 aromatic carbocycles. The third kappa shape index (κ3) is 8.21. The summed E-state index contributed by atoms with van der Waals surface area (Å²) in [4.78, 5) is 21.2. The highest BCUT2D eigenvalue weighted by Crippen LogP contribution is 2.29. The average Bonchev–Trinajstić information content (AvgIpc) is 2.10. The first-order valence-electron chi connectivity index (χ1n) is 4.20. The first kappa shape index (κ1) is 14.9. The molecule has 0 heterocycles. The van der Waals surface area contributed by atoms with Crippen LogP contribution in [0.1, 0.15) is 6.92 Å². The summed E-state index contributed by atoms with van der Waals surface area (Å²) in [5, 5.41) is 12.6. The van der Waals surface area contributed by atoms with Crippen LogP contribution in [0.3, 0.4) is 0 Å². The van der Waals surface area contributed by atoms with Crippen molar-refractivity contribution in [3.63, 3.8) is 0 Å². The van der Waals surface area contributed by atoms with E-state index in [2.05, 4.69) is 5.32 Å². The quantitative estimate of drug-likeness (QED) is 0.645. The Morgan fingerprint density at radius 3 is 2.44 bits per heavy atom. The predicted molar refractivity (Wildman–Crippen MR) is 52.1 cm³/mol. The van der Waals surface area contributed by atoms with Gasteiger partial charge in [-0.2, -0.15) is 13.2 Å². The zero-order valence-electron chi connectivity index (χ0n) is 8.30. The lowest BCUT2D eigenvalue weighted by Crippen LogP contribution is -2.45. The van der Waals surface area contributed by atoms with Crippen molar-refractivity contribution in [3.05, 3.63) is 0 Å². The highest BCUT2D eigenvalue weighted by atomic mass is 32.2. The molecule has 2 amide bonds. The van der Waals surface area contributed by atoms with Gasteiger partial charge in [0.25, 0.3) is 0 Å². The van der Waals surface area contributed by atoms with Crippen LogP contribution >= 0.6 is 11.8 Å². The Morgan fingerprint density at radius 2 is 2.00 bits per heavy atom. The van der Waals surface area contributed by atoms with Crippen LogP contribution in [0.2, 0.25) is 0 Å². The van der Waals surface area contributed by atoms with E-state index < -0.39 is 23.6 Å². The van der Waals surface area contributed by atoms with Crippen LogP contribution in [0.15, 0.2) is 0 Å². The Hall–Kier alpha value is -1.12. The molecule has 94 valence electrons. The van der Waals surface area contributed by atoms with Crippen LogP contribution in [0, 0.1) is 0 Å².